The summed E-state index contributed by atoms with van der Waals surface area (Å²) in [6.07, 6.45) is 0.913. The van der Waals surface area contributed by atoms with Gasteiger partial charge in [0.15, 0.2) is 5.11 Å². The predicted octanol–water partition coefficient (Wildman–Crippen LogP) is 3.70. The quantitative estimate of drug-likeness (QED) is 0.478. The van der Waals surface area contributed by atoms with E-state index < -0.39 is 0 Å². The zero-order valence-electron chi connectivity index (χ0n) is 19.0. The van der Waals surface area contributed by atoms with E-state index in [1.807, 2.05) is 67.5 Å². The highest BCUT2D eigenvalue weighted by Crippen LogP contribution is 2.20. The zero-order valence-corrected chi connectivity index (χ0v) is 19.8. The summed E-state index contributed by atoms with van der Waals surface area (Å²) in [6.45, 7) is 2.04. The molecule has 0 amide bonds. The normalized spacial score (nSPS) is 10.9. The number of fused-ring (bicyclic) bond motifs is 1. The van der Waals surface area contributed by atoms with Crippen molar-refractivity contribution in [1.29, 1.82) is 0 Å². The zero-order chi connectivity index (χ0) is 23.1. The second-order valence-electron chi connectivity index (χ2n) is 7.81. The highest BCUT2D eigenvalue weighted by molar-refractivity contribution is 7.80. The van der Waals surface area contributed by atoms with Crippen LogP contribution in [0.3, 0.4) is 0 Å². The Hall–Kier alpha value is -3.10. The van der Waals surface area contributed by atoms with Crippen molar-refractivity contribution >= 4 is 33.9 Å². The van der Waals surface area contributed by atoms with E-state index in [0.717, 1.165) is 47.6 Å². The summed E-state index contributed by atoms with van der Waals surface area (Å²) in [7, 11) is 7.35. The number of H-pyrrole nitrogens is 1. The molecule has 3 aromatic rings. The Morgan fingerprint density at radius 2 is 1.69 bits per heavy atom. The Bertz CT molecular complexity index is 1110. The third-order valence-electron chi connectivity index (χ3n) is 5.15. The van der Waals surface area contributed by atoms with Crippen molar-refractivity contribution in [3.63, 3.8) is 0 Å². The lowest BCUT2D eigenvalue weighted by Gasteiger charge is -2.26. The second-order valence-corrected chi connectivity index (χ2v) is 8.20. The van der Waals surface area contributed by atoms with Gasteiger partial charge in [0.05, 0.1) is 20.8 Å². The minimum Gasteiger partial charge on any atom is -0.497 e. The molecule has 7 nitrogen and oxygen atoms in total. The summed E-state index contributed by atoms with van der Waals surface area (Å²) in [6, 6.07) is 15.1. The van der Waals surface area contributed by atoms with Gasteiger partial charge in [0.1, 0.15) is 11.5 Å². The van der Waals surface area contributed by atoms with Crippen LogP contribution in [0.25, 0.3) is 10.9 Å². The van der Waals surface area contributed by atoms with E-state index in [1.165, 1.54) is 0 Å². The van der Waals surface area contributed by atoms with Crippen LogP contribution < -0.4 is 20.3 Å². The summed E-state index contributed by atoms with van der Waals surface area (Å²) >= 11 is 5.71. The second kappa shape index (κ2) is 11.0. The molecular formula is C24H30N4O3S. The van der Waals surface area contributed by atoms with Gasteiger partial charge in [-0.25, -0.2) is 0 Å². The number of rotatable bonds is 9. The molecule has 1 aromatic heterocycles. The molecule has 0 aliphatic rings. The number of nitrogens with one attached hydrogen (secondary N) is 2. The van der Waals surface area contributed by atoms with Crippen LogP contribution in [0.4, 0.5) is 5.69 Å². The maximum Gasteiger partial charge on any atom is 0.253 e. The van der Waals surface area contributed by atoms with Crippen molar-refractivity contribution in [2.75, 3.05) is 46.7 Å². The van der Waals surface area contributed by atoms with Crippen molar-refractivity contribution in [3.05, 3.63) is 64.4 Å². The van der Waals surface area contributed by atoms with Gasteiger partial charge in [0, 0.05) is 28.7 Å². The molecule has 0 saturated carbocycles. The SMILES string of the molecule is COc1ccc(NC(=S)N(CCCN(C)C)Cc2cc3cc(OC)ccc3[nH]c2=O)cc1. The molecule has 0 bridgehead atoms. The maximum absolute atomic E-state index is 12.8. The van der Waals surface area contributed by atoms with Crippen molar-refractivity contribution in [3.8, 4) is 11.5 Å². The molecule has 2 N–H and O–H groups in total. The lowest BCUT2D eigenvalue weighted by Crippen LogP contribution is -2.37. The van der Waals surface area contributed by atoms with Crippen LogP contribution in [0.1, 0.15) is 12.0 Å². The molecule has 0 fully saturated rings. The van der Waals surface area contributed by atoms with Crippen LogP contribution >= 0.6 is 12.2 Å². The van der Waals surface area contributed by atoms with Crippen LogP contribution in [-0.4, -0.2) is 61.3 Å². The van der Waals surface area contributed by atoms with Gasteiger partial charge < -0.3 is 29.6 Å². The highest BCUT2D eigenvalue weighted by Gasteiger charge is 2.14. The Kier molecular flexibility index (Phi) is 8.08. The van der Waals surface area contributed by atoms with Gasteiger partial charge in [-0.3, -0.25) is 4.79 Å². The largest absolute Gasteiger partial charge is 0.497 e. The number of thiocarbonyl (C=S) groups is 1. The van der Waals surface area contributed by atoms with E-state index in [-0.39, 0.29) is 5.56 Å². The third-order valence-corrected chi connectivity index (χ3v) is 5.51. The number of ether oxygens (including phenoxy) is 2. The molecule has 3 rings (SSSR count). The molecule has 0 atom stereocenters. The lowest BCUT2D eigenvalue weighted by atomic mass is 10.1. The number of aromatic amines is 1. The Labute approximate surface area is 193 Å². The van der Waals surface area contributed by atoms with E-state index in [1.54, 1.807) is 14.2 Å². The molecule has 32 heavy (non-hydrogen) atoms. The first-order chi connectivity index (χ1) is 15.4. The van der Waals surface area contributed by atoms with Gasteiger partial charge in [0.2, 0.25) is 0 Å². The minimum absolute atomic E-state index is 0.118. The first-order valence-electron chi connectivity index (χ1n) is 10.4. The summed E-state index contributed by atoms with van der Waals surface area (Å²) in [5, 5.41) is 4.77. The van der Waals surface area contributed by atoms with Crippen LogP contribution in [0.5, 0.6) is 11.5 Å². The van der Waals surface area contributed by atoms with E-state index in [2.05, 4.69) is 15.2 Å². The first kappa shape index (κ1) is 23.6. The molecule has 0 spiro atoms. The van der Waals surface area contributed by atoms with Gasteiger partial charge in [-0.2, -0.15) is 0 Å². The van der Waals surface area contributed by atoms with Crippen LogP contribution in [-0.2, 0) is 6.54 Å². The van der Waals surface area contributed by atoms with Gasteiger partial charge in [0.25, 0.3) is 5.56 Å². The molecule has 2 aromatic carbocycles. The number of hydrogen-bond acceptors (Lipinski definition) is 5. The molecule has 170 valence electrons. The van der Waals surface area contributed by atoms with Gasteiger partial charge in [-0.1, -0.05) is 0 Å². The van der Waals surface area contributed by atoms with E-state index in [9.17, 15) is 4.79 Å². The molecule has 0 aliphatic heterocycles. The third kappa shape index (κ3) is 6.21. The molecule has 0 radical (unpaired) electrons. The van der Waals surface area contributed by atoms with Crippen molar-refractivity contribution in [1.82, 2.24) is 14.8 Å². The number of hydrogen-bond donors (Lipinski definition) is 2. The molecule has 0 saturated heterocycles. The highest BCUT2D eigenvalue weighted by atomic mass is 32.1. The smallest absolute Gasteiger partial charge is 0.253 e. The summed E-state index contributed by atoms with van der Waals surface area (Å²) < 4.78 is 10.5. The summed E-state index contributed by atoms with van der Waals surface area (Å²) in [5.41, 5.74) is 2.17. The fourth-order valence-electron chi connectivity index (χ4n) is 3.39. The van der Waals surface area contributed by atoms with E-state index in [4.69, 9.17) is 21.7 Å². The lowest BCUT2D eigenvalue weighted by molar-refractivity contribution is 0.346. The Morgan fingerprint density at radius 3 is 2.34 bits per heavy atom. The van der Waals surface area contributed by atoms with Crippen LogP contribution in [0.15, 0.2) is 53.3 Å². The molecular weight excluding hydrogens is 424 g/mol. The number of aromatic nitrogens is 1. The number of nitrogens with zero attached hydrogens (tertiary/aromatic N) is 2. The number of methoxy groups -OCH3 is 2. The Morgan fingerprint density at radius 1 is 1.00 bits per heavy atom. The number of anilines is 1. The van der Waals surface area contributed by atoms with Crippen molar-refractivity contribution in [2.24, 2.45) is 0 Å². The van der Waals surface area contributed by atoms with E-state index >= 15 is 0 Å². The summed E-state index contributed by atoms with van der Waals surface area (Å²) in [5.74, 6) is 1.53. The van der Waals surface area contributed by atoms with Gasteiger partial charge >= 0.3 is 0 Å². The first-order valence-corrected chi connectivity index (χ1v) is 10.8. The fourth-order valence-corrected chi connectivity index (χ4v) is 3.66. The topological polar surface area (TPSA) is 69.8 Å². The van der Waals surface area contributed by atoms with Crippen molar-refractivity contribution < 1.29 is 9.47 Å². The number of pyridine rings is 1. The monoisotopic (exact) mass is 454 g/mol. The molecule has 8 heteroatoms. The average Bonchev–Trinajstić information content (AvgIpc) is 2.78. The average molecular weight is 455 g/mol. The molecule has 0 aliphatic carbocycles. The van der Waals surface area contributed by atoms with Crippen molar-refractivity contribution in [2.45, 2.75) is 13.0 Å². The predicted molar refractivity (Wildman–Crippen MR) is 134 cm³/mol. The maximum atomic E-state index is 12.8. The van der Waals surface area contributed by atoms with E-state index in [0.29, 0.717) is 17.2 Å². The minimum atomic E-state index is -0.118. The van der Waals surface area contributed by atoms with Gasteiger partial charge in [-0.05, 0) is 87.8 Å². The standard InChI is InChI=1S/C24H30N4O3S/c1-27(2)12-5-13-28(24(32)25-19-6-8-20(30-3)9-7-19)16-18-14-17-15-21(31-4)10-11-22(17)26-23(18)29/h6-11,14-15H,5,12-13,16H2,1-4H3,(H,25,32)(H,26,29). The van der Waals surface area contributed by atoms with Crippen LogP contribution in [0.2, 0.25) is 0 Å². The summed E-state index contributed by atoms with van der Waals surface area (Å²) in [4.78, 5) is 19.9. The molecule has 1 heterocycles. The number of benzene rings is 2. The fraction of sp³-hybridized carbons (Fsp3) is 0.333. The molecule has 0 unspecified atom stereocenters. The van der Waals surface area contributed by atoms with Gasteiger partial charge in [-0.15, -0.1) is 0 Å². The Balaban J connectivity index is 1.83. The van der Waals surface area contributed by atoms with Crippen LogP contribution in [0, 0.1) is 0 Å².